The van der Waals surface area contributed by atoms with Crippen molar-refractivity contribution in [2.24, 2.45) is 5.92 Å². The fraction of sp³-hybridized carbons (Fsp3) is 0.308. The SMILES string of the molecule is O=C(O)C1CC(=O)N(Cc2nc(-c3cccnc3)no2)C1. The van der Waals surface area contributed by atoms with E-state index < -0.39 is 11.9 Å². The molecule has 0 aliphatic carbocycles. The molecule has 0 spiro atoms. The molecule has 1 amide bonds. The van der Waals surface area contributed by atoms with E-state index in [-0.39, 0.29) is 31.3 Å². The first kappa shape index (κ1) is 13.2. The lowest BCUT2D eigenvalue weighted by Crippen LogP contribution is -2.25. The number of carboxylic acid groups (broad SMARTS) is 1. The molecule has 8 heteroatoms. The number of rotatable bonds is 4. The van der Waals surface area contributed by atoms with E-state index in [9.17, 15) is 9.59 Å². The molecule has 1 N–H and O–H groups in total. The van der Waals surface area contributed by atoms with E-state index in [0.29, 0.717) is 11.4 Å². The van der Waals surface area contributed by atoms with Crippen molar-refractivity contribution in [3.05, 3.63) is 30.4 Å². The van der Waals surface area contributed by atoms with E-state index in [1.165, 1.54) is 4.90 Å². The number of amides is 1. The Labute approximate surface area is 119 Å². The van der Waals surface area contributed by atoms with E-state index in [0.717, 1.165) is 0 Å². The molecule has 0 bridgehead atoms. The molecule has 0 aromatic carbocycles. The number of nitrogens with zero attached hydrogens (tertiary/aromatic N) is 4. The van der Waals surface area contributed by atoms with Gasteiger partial charge in [-0.3, -0.25) is 14.6 Å². The van der Waals surface area contributed by atoms with E-state index in [2.05, 4.69) is 15.1 Å². The maximum absolute atomic E-state index is 11.7. The molecular formula is C13H12N4O4. The van der Waals surface area contributed by atoms with Crippen LogP contribution in [0.3, 0.4) is 0 Å². The Morgan fingerprint density at radius 1 is 1.52 bits per heavy atom. The Kier molecular flexibility index (Phi) is 3.35. The summed E-state index contributed by atoms with van der Waals surface area (Å²) in [5.41, 5.74) is 0.712. The van der Waals surface area contributed by atoms with Crippen molar-refractivity contribution in [2.75, 3.05) is 6.54 Å². The number of aromatic nitrogens is 3. The van der Waals surface area contributed by atoms with Crippen LogP contribution in [-0.2, 0) is 16.1 Å². The van der Waals surface area contributed by atoms with Gasteiger partial charge in [0.15, 0.2) is 0 Å². The molecule has 21 heavy (non-hydrogen) atoms. The number of carbonyl (C=O) groups is 2. The van der Waals surface area contributed by atoms with Gasteiger partial charge < -0.3 is 14.5 Å². The maximum atomic E-state index is 11.7. The van der Waals surface area contributed by atoms with Crippen LogP contribution in [0.5, 0.6) is 0 Å². The van der Waals surface area contributed by atoms with Crippen LogP contribution in [0.2, 0.25) is 0 Å². The fourth-order valence-corrected chi connectivity index (χ4v) is 2.19. The predicted octanol–water partition coefficient (Wildman–Crippen LogP) is 0.565. The number of pyridine rings is 1. The van der Waals surface area contributed by atoms with Crippen LogP contribution in [0.1, 0.15) is 12.3 Å². The number of hydrogen-bond acceptors (Lipinski definition) is 6. The summed E-state index contributed by atoms with van der Waals surface area (Å²) in [6, 6.07) is 3.55. The number of likely N-dealkylation sites (tertiary alicyclic amines) is 1. The predicted molar refractivity (Wildman–Crippen MR) is 68.7 cm³/mol. The summed E-state index contributed by atoms with van der Waals surface area (Å²) >= 11 is 0. The van der Waals surface area contributed by atoms with Crippen molar-refractivity contribution >= 4 is 11.9 Å². The van der Waals surface area contributed by atoms with Crippen molar-refractivity contribution in [3.63, 3.8) is 0 Å². The van der Waals surface area contributed by atoms with Crippen molar-refractivity contribution in [3.8, 4) is 11.4 Å². The van der Waals surface area contributed by atoms with Crippen molar-refractivity contribution in [2.45, 2.75) is 13.0 Å². The highest BCUT2D eigenvalue weighted by Crippen LogP contribution is 2.21. The molecule has 1 aliphatic heterocycles. The number of carbonyl (C=O) groups excluding carboxylic acids is 1. The Morgan fingerprint density at radius 2 is 2.38 bits per heavy atom. The summed E-state index contributed by atoms with van der Waals surface area (Å²) in [7, 11) is 0. The average molecular weight is 288 g/mol. The van der Waals surface area contributed by atoms with Crippen molar-refractivity contribution < 1.29 is 19.2 Å². The average Bonchev–Trinajstić information content (AvgIpc) is 3.08. The van der Waals surface area contributed by atoms with Crippen LogP contribution >= 0.6 is 0 Å². The van der Waals surface area contributed by atoms with Crippen LogP contribution in [0.4, 0.5) is 0 Å². The second kappa shape index (κ2) is 5.31. The second-order valence-corrected chi connectivity index (χ2v) is 4.77. The summed E-state index contributed by atoms with van der Waals surface area (Å²) in [6.45, 7) is 0.286. The molecule has 2 aromatic rings. The number of aliphatic carboxylic acids is 1. The third kappa shape index (κ3) is 2.73. The van der Waals surface area contributed by atoms with Gasteiger partial charge in [0, 0.05) is 30.9 Å². The van der Waals surface area contributed by atoms with E-state index >= 15 is 0 Å². The van der Waals surface area contributed by atoms with Crippen molar-refractivity contribution in [1.82, 2.24) is 20.0 Å². The molecule has 1 saturated heterocycles. The topological polar surface area (TPSA) is 109 Å². The van der Waals surface area contributed by atoms with E-state index in [1.807, 2.05) is 0 Å². The van der Waals surface area contributed by atoms with Gasteiger partial charge in [-0.2, -0.15) is 4.98 Å². The zero-order chi connectivity index (χ0) is 14.8. The molecule has 3 rings (SSSR count). The molecule has 108 valence electrons. The Bertz CT molecular complexity index is 670. The van der Waals surface area contributed by atoms with Gasteiger partial charge in [-0.1, -0.05) is 5.16 Å². The molecule has 8 nitrogen and oxygen atoms in total. The maximum Gasteiger partial charge on any atom is 0.308 e. The summed E-state index contributed by atoms with van der Waals surface area (Å²) in [6.07, 6.45) is 3.26. The fourth-order valence-electron chi connectivity index (χ4n) is 2.19. The molecule has 0 radical (unpaired) electrons. The lowest BCUT2D eigenvalue weighted by Gasteiger charge is -2.12. The molecule has 2 aromatic heterocycles. The van der Waals surface area contributed by atoms with E-state index in [1.54, 1.807) is 24.5 Å². The third-order valence-electron chi connectivity index (χ3n) is 3.28. The minimum atomic E-state index is -0.965. The molecular weight excluding hydrogens is 276 g/mol. The molecule has 1 atom stereocenters. The molecule has 3 heterocycles. The molecule has 1 unspecified atom stereocenters. The van der Waals surface area contributed by atoms with Gasteiger partial charge in [0.1, 0.15) is 6.54 Å². The van der Waals surface area contributed by atoms with Crippen LogP contribution < -0.4 is 0 Å². The summed E-state index contributed by atoms with van der Waals surface area (Å²) in [4.78, 5) is 32.2. The summed E-state index contributed by atoms with van der Waals surface area (Å²) in [5, 5.41) is 12.8. The largest absolute Gasteiger partial charge is 0.481 e. The first-order valence-electron chi connectivity index (χ1n) is 6.37. The Hall–Kier alpha value is -2.77. The minimum Gasteiger partial charge on any atom is -0.481 e. The van der Waals surface area contributed by atoms with Crippen molar-refractivity contribution in [1.29, 1.82) is 0 Å². The zero-order valence-corrected chi connectivity index (χ0v) is 11.0. The molecule has 1 fully saturated rings. The molecule has 1 aliphatic rings. The molecule has 0 saturated carbocycles. The van der Waals surface area contributed by atoms with Crippen LogP contribution in [0.15, 0.2) is 29.0 Å². The van der Waals surface area contributed by atoms with Gasteiger partial charge in [0.05, 0.1) is 5.92 Å². The second-order valence-electron chi connectivity index (χ2n) is 4.77. The third-order valence-corrected chi connectivity index (χ3v) is 3.28. The quantitative estimate of drug-likeness (QED) is 0.875. The van der Waals surface area contributed by atoms with Gasteiger partial charge in [0.2, 0.25) is 17.6 Å². The first-order chi connectivity index (χ1) is 10.1. The van der Waals surface area contributed by atoms with Gasteiger partial charge in [-0.05, 0) is 12.1 Å². The first-order valence-corrected chi connectivity index (χ1v) is 6.37. The smallest absolute Gasteiger partial charge is 0.308 e. The highest BCUT2D eigenvalue weighted by atomic mass is 16.5. The highest BCUT2D eigenvalue weighted by molar-refractivity contribution is 5.85. The van der Waals surface area contributed by atoms with Crippen LogP contribution in [0, 0.1) is 5.92 Å². The standard InChI is InChI=1S/C13H12N4O4/c18-11-4-9(13(19)20)6-17(11)7-10-15-12(16-21-10)8-2-1-3-14-5-8/h1-3,5,9H,4,6-7H2,(H,19,20). The lowest BCUT2D eigenvalue weighted by molar-refractivity contribution is -0.141. The summed E-state index contributed by atoms with van der Waals surface area (Å²) < 4.78 is 5.09. The van der Waals surface area contributed by atoms with E-state index in [4.69, 9.17) is 9.63 Å². The van der Waals surface area contributed by atoms with Crippen LogP contribution in [-0.4, -0.2) is 43.6 Å². The Morgan fingerprint density at radius 3 is 3.05 bits per heavy atom. The summed E-state index contributed by atoms with van der Waals surface area (Å²) in [5.74, 6) is -1.19. The van der Waals surface area contributed by atoms with Gasteiger partial charge in [-0.25, -0.2) is 0 Å². The zero-order valence-electron chi connectivity index (χ0n) is 11.0. The minimum absolute atomic E-state index is 0.0128. The highest BCUT2D eigenvalue weighted by Gasteiger charge is 2.35. The monoisotopic (exact) mass is 288 g/mol. The van der Waals surface area contributed by atoms with Crippen LogP contribution in [0.25, 0.3) is 11.4 Å². The Balaban J connectivity index is 1.71. The lowest BCUT2D eigenvalue weighted by atomic mass is 10.1. The van der Waals surface area contributed by atoms with Gasteiger partial charge in [-0.15, -0.1) is 0 Å². The normalized spacial score (nSPS) is 18.2. The van der Waals surface area contributed by atoms with Gasteiger partial charge >= 0.3 is 5.97 Å². The number of carboxylic acids is 1. The van der Waals surface area contributed by atoms with Gasteiger partial charge in [0.25, 0.3) is 0 Å². The number of hydrogen-bond donors (Lipinski definition) is 1.